The largest absolute Gasteiger partial charge is 0.323 e. The van der Waals surface area contributed by atoms with Crippen LogP contribution in [0.4, 0.5) is 0 Å². The molecule has 0 spiro atoms. The Morgan fingerprint density at radius 2 is 2.10 bits per heavy atom. The maximum atomic E-state index is 6.43. The zero-order valence-electron chi connectivity index (χ0n) is 12.8. The number of rotatable bonds is 2. The van der Waals surface area contributed by atoms with Gasteiger partial charge in [0.05, 0.1) is 16.4 Å². The number of alkyl halides is 1. The van der Waals surface area contributed by atoms with E-state index in [4.69, 9.17) is 16.6 Å². The van der Waals surface area contributed by atoms with Crippen LogP contribution in [0.1, 0.15) is 57.3 Å². The smallest absolute Gasteiger partial charge is 0.127 e. The van der Waals surface area contributed by atoms with Crippen molar-refractivity contribution in [3.05, 3.63) is 28.5 Å². The van der Waals surface area contributed by atoms with Crippen molar-refractivity contribution in [2.24, 2.45) is 11.8 Å². The van der Waals surface area contributed by atoms with Crippen LogP contribution in [0.25, 0.3) is 11.0 Å². The topological polar surface area (TPSA) is 17.8 Å². The van der Waals surface area contributed by atoms with Crippen LogP contribution in [0.15, 0.2) is 22.7 Å². The minimum absolute atomic E-state index is 0.0689. The predicted octanol–water partition coefficient (Wildman–Crippen LogP) is 6.10. The molecule has 0 aliphatic heterocycles. The Kier molecular flexibility index (Phi) is 4.33. The number of hydrogen-bond acceptors (Lipinski definition) is 1. The third kappa shape index (κ3) is 2.75. The number of imidazole rings is 1. The van der Waals surface area contributed by atoms with Gasteiger partial charge in [0.25, 0.3) is 0 Å². The molecular weight excluding hydrogens is 348 g/mol. The van der Waals surface area contributed by atoms with Gasteiger partial charge in [0.15, 0.2) is 0 Å². The highest BCUT2D eigenvalue weighted by Gasteiger charge is 2.31. The molecule has 4 heteroatoms. The van der Waals surface area contributed by atoms with Gasteiger partial charge in [-0.1, -0.05) is 42.6 Å². The summed E-state index contributed by atoms with van der Waals surface area (Å²) in [6, 6.07) is 6.86. The minimum Gasteiger partial charge on any atom is -0.323 e. The van der Waals surface area contributed by atoms with Crippen LogP contribution in [-0.2, 0) is 0 Å². The molecule has 0 N–H and O–H groups in total. The first-order chi connectivity index (χ1) is 9.99. The highest BCUT2D eigenvalue weighted by Crippen LogP contribution is 2.41. The summed E-state index contributed by atoms with van der Waals surface area (Å²) >= 11 is 9.97. The van der Waals surface area contributed by atoms with E-state index in [-0.39, 0.29) is 5.38 Å². The SMILES string of the molecule is CC(Cl)c1nc2cc(Br)ccc2n1C1CCCC(C)C1C. The lowest BCUT2D eigenvalue weighted by Crippen LogP contribution is -2.28. The monoisotopic (exact) mass is 368 g/mol. The molecule has 4 atom stereocenters. The van der Waals surface area contributed by atoms with E-state index in [9.17, 15) is 0 Å². The van der Waals surface area contributed by atoms with Crippen molar-refractivity contribution in [2.75, 3.05) is 0 Å². The van der Waals surface area contributed by atoms with E-state index in [1.807, 2.05) is 6.92 Å². The molecule has 1 heterocycles. The van der Waals surface area contributed by atoms with Crippen molar-refractivity contribution in [3.8, 4) is 0 Å². The Hall–Kier alpha value is -0.540. The molecule has 2 nitrogen and oxygen atoms in total. The fourth-order valence-corrected chi connectivity index (χ4v) is 4.14. The maximum absolute atomic E-state index is 6.43. The number of fused-ring (bicyclic) bond motifs is 1. The summed E-state index contributed by atoms with van der Waals surface area (Å²) in [5.74, 6) is 2.43. The van der Waals surface area contributed by atoms with Crippen molar-refractivity contribution < 1.29 is 0 Å². The molecule has 1 aliphatic carbocycles. The molecule has 1 aliphatic rings. The summed E-state index contributed by atoms with van der Waals surface area (Å²) in [7, 11) is 0. The Morgan fingerprint density at radius 3 is 2.81 bits per heavy atom. The third-order valence-electron chi connectivity index (χ3n) is 5.03. The Labute approximate surface area is 140 Å². The fraction of sp³-hybridized carbons (Fsp3) is 0.588. The van der Waals surface area contributed by atoms with Gasteiger partial charge in [0, 0.05) is 10.5 Å². The van der Waals surface area contributed by atoms with Gasteiger partial charge in [-0.25, -0.2) is 4.98 Å². The van der Waals surface area contributed by atoms with Gasteiger partial charge in [-0.15, -0.1) is 11.6 Å². The van der Waals surface area contributed by atoms with Crippen LogP contribution in [0.5, 0.6) is 0 Å². The lowest BCUT2D eigenvalue weighted by Gasteiger charge is -2.36. The number of aromatic nitrogens is 2. The van der Waals surface area contributed by atoms with E-state index in [1.54, 1.807) is 0 Å². The second-order valence-electron chi connectivity index (χ2n) is 6.42. The Bertz CT molecular complexity index is 650. The van der Waals surface area contributed by atoms with E-state index in [2.05, 4.69) is 52.5 Å². The molecule has 1 fully saturated rings. The van der Waals surface area contributed by atoms with Gasteiger partial charge in [-0.3, -0.25) is 0 Å². The van der Waals surface area contributed by atoms with Gasteiger partial charge in [-0.2, -0.15) is 0 Å². The van der Waals surface area contributed by atoms with Crippen LogP contribution in [0, 0.1) is 11.8 Å². The first-order valence-corrected chi connectivity index (χ1v) is 9.03. The van der Waals surface area contributed by atoms with Crippen LogP contribution >= 0.6 is 27.5 Å². The standard InChI is InChI=1S/C17H22BrClN2/c1-10-5-4-6-15(11(10)2)21-16-8-7-13(18)9-14(16)20-17(21)12(3)19/h7-12,15H,4-6H2,1-3H3. The molecular formula is C17H22BrClN2. The molecule has 0 bridgehead atoms. The molecule has 3 rings (SSSR count). The quantitative estimate of drug-likeness (QED) is 0.585. The highest BCUT2D eigenvalue weighted by atomic mass is 79.9. The van der Waals surface area contributed by atoms with Crippen molar-refractivity contribution in [1.82, 2.24) is 9.55 Å². The number of halogens is 2. The van der Waals surface area contributed by atoms with Crippen molar-refractivity contribution in [2.45, 2.75) is 51.5 Å². The summed E-state index contributed by atoms with van der Waals surface area (Å²) in [5.41, 5.74) is 2.25. The van der Waals surface area contributed by atoms with Crippen LogP contribution in [0.3, 0.4) is 0 Å². The zero-order chi connectivity index (χ0) is 15.1. The molecule has 1 aromatic carbocycles. The van der Waals surface area contributed by atoms with Gasteiger partial charge >= 0.3 is 0 Å². The summed E-state index contributed by atoms with van der Waals surface area (Å²) < 4.78 is 3.48. The summed E-state index contributed by atoms with van der Waals surface area (Å²) in [6.07, 6.45) is 3.85. The first kappa shape index (κ1) is 15.4. The fourth-order valence-electron chi connectivity index (χ4n) is 3.64. The predicted molar refractivity (Wildman–Crippen MR) is 92.9 cm³/mol. The van der Waals surface area contributed by atoms with Crippen LogP contribution < -0.4 is 0 Å². The second kappa shape index (κ2) is 5.92. The summed E-state index contributed by atoms with van der Waals surface area (Å²) in [6.45, 7) is 6.77. The Balaban J connectivity index is 2.17. The van der Waals surface area contributed by atoms with E-state index >= 15 is 0 Å². The zero-order valence-corrected chi connectivity index (χ0v) is 15.2. The first-order valence-electron chi connectivity index (χ1n) is 7.80. The van der Waals surface area contributed by atoms with Gasteiger partial charge in [-0.05, 0) is 43.4 Å². The molecule has 1 aromatic heterocycles. The number of nitrogens with zero attached hydrogens (tertiary/aromatic N) is 2. The van der Waals surface area contributed by atoms with Crippen molar-refractivity contribution in [1.29, 1.82) is 0 Å². The number of hydrogen-bond donors (Lipinski definition) is 0. The van der Waals surface area contributed by atoms with Gasteiger partial charge < -0.3 is 4.57 Å². The summed E-state index contributed by atoms with van der Waals surface area (Å²) in [4.78, 5) is 4.81. The highest BCUT2D eigenvalue weighted by molar-refractivity contribution is 9.10. The normalized spacial score (nSPS) is 28.0. The minimum atomic E-state index is -0.0689. The average Bonchev–Trinajstić information content (AvgIpc) is 2.80. The molecule has 0 radical (unpaired) electrons. The molecule has 21 heavy (non-hydrogen) atoms. The second-order valence-corrected chi connectivity index (χ2v) is 7.99. The lowest BCUT2D eigenvalue weighted by molar-refractivity contribution is 0.186. The number of benzene rings is 1. The van der Waals surface area contributed by atoms with Gasteiger partial charge in [0.1, 0.15) is 5.82 Å². The lowest BCUT2D eigenvalue weighted by atomic mass is 9.78. The van der Waals surface area contributed by atoms with E-state index < -0.39 is 0 Å². The Morgan fingerprint density at radius 1 is 1.33 bits per heavy atom. The van der Waals surface area contributed by atoms with Crippen molar-refractivity contribution >= 4 is 38.6 Å². The van der Waals surface area contributed by atoms with E-state index in [0.717, 1.165) is 21.7 Å². The molecule has 0 amide bonds. The van der Waals surface area contributed by atoms with E-state index in [0.29, 0.717) is 12.0 Å². The van der Waals surface area contributed by atoms with E-state index in [1.165, 1.54) is 24.8 Å². The molecule has 114 valence electrons. The molecule has 1 saturated carbocycles. The maximum Gasteiger partial charge on any atom is 0.127 e. The van der Waals surface area contributed by atoms with Crippen LogP contribution in [0.2, 0.25) is 0 Å². The third-order valence-corrected chi connectivity index (χ3v) is 5.72. The molecule has 4 unspecified atom stereocenters. The average molecular weight is 370 g/mol. The van der Waals surface area contributed by atoms with Crippen molar-refractivity contribution in [3.63, 3.8) is 0 Å². The summed E-state index contributed by atoms with van der Waals surface area (Å²) in [5, 5.41) is -0.0689. The van der Waals surface area contributed by atoms with Crippen LogP contribution in [-0.4, -0.2) is 9.55 Å². The molecule has 2 aromatic rings. The molecule has 0 saturated heterocycles. The van der Waals surface area contributed by atoms with Gasteiger partial charge in [0.2, 0.25) is 0 Å².